The summed E-state index contributed by atoms with van der Waals surface area (Å²) in [5.41, 5.74) is 0.533. The molecule has 0 saturated carbocycles. The molecule has 0 radical (unpaired) electrons. The Bertz CT molecular complexity index is 1010. The first-order valence-electron chi connectivity index (χ1n) is 7.13. The van der Waals surface area contributed by atoms with E-state index in [9.17, 15) is 13.2 Å². The second kappa shape index (κ2) is 6.42. The quantitative estimate of drug-likeness (QED) is 0.711. The molecule has 128 valence electrons. The van der Waals surface area contributed by atoms with Crippen LogP contribution in [-0.2, 0) is 10.0 Å². The van der Waals surface area contributed by atoms with Crippen molar-refractivity contribution in [2.24, 2.45) is 5.14 Å². The number of nitrogens with one attached hydrogen (secondary N) is 1. The predicted molar refractivity (Wildman–Crippen MR) is 89.7 cm³/mol. The minimum absolute atomic E-state index is 0.0367. The van der Waals surface area contributed by atoms with Gasteiger partial charge >= 0.3 is 0 Å². The van der Waals surface area contributed by atoms with Crippen molar-refractivity contribution in [1.82, 2.24) is 19.7 Å². The van der Waals surface area contributed by atoms with E-state index < -0.39 is 15.9 Å². The number of hydrogen-bond donors (Lipinski definition) is 2. The smallest absolute Gasteiger partial charge is 0.276 e. The van der Waals surface area contributed by atoms with Crippen LogP contribution in [0.25, 0.3) is 5.82 Å². The van der Waals surface area contributed by atoms with Gasteiger partial charge in [0.15, 0.2) is 11.5 Å². The fraction of sp³-hybridized carbons (Fsp3) is 0.0667. The van der Waals surface area contributed by atoms with Gasteiger partial charge in [0, 0.05) is 18.1 Å². The molecule has 0 unspecified atom stereocenters. The van der Waals surface area contributed by atoms with Gasteiger partial charge in [-0.3, -0.25) is 9.36 Å². The molecular weight excluding hydrogens is 344 g/mol. The van der Waals surface area contributed by atoms with Crippen molar-refractivity contribution >= 4 is 21.6 Å². The number of anilines is 1. The Morgan fingerprint density at radius 2 is 1.84 bits per heavy atom. The zero-order valence-corrected chi connectivity index (χ0v) is 13.9. The minimum atomic E-state index is -3.77. The van der Waals surface area contributed by atoms with Crippen LogP contribution < -0.4 is 10.5 Å². The number of hydrogen-bond acceptors (Lipinski definition) is 6. The molecule has 25 heavy (non-hydrogen) atoms. The van der Waals surface area contributed by atoms with Crippen molar-refractivity contribution in [3.8, 4) is 5.82 Å². The summed E-state index contributed by atoms with van der Waals surface area (Å²) in [5.74, 6) is 0.829. The number of primary sulfonamides is 1. The number of aryl methyl sites for hydroxylation is 1. The number of sulfonamides is 1. The van der Waals surface area contributed by atoms with E-state index in [-0.39, 0.29) is 10.6 Å². The van der Waals surface area contributed by atoms with Crippen molar-refractivity contribution in [1.29, 1.82) is 0 Å². The minimum Gasteiger partial charge on any atom is -0.321 e. The highest BCUT2D eigenvalue weighted by molar-refractivity contribution is 7.89. The summed E-state index contributed by atoms with van der Waals surface area (Å²) in [5, 5.41) is 15.5. The van der Waals surface area contributed by atoms with Gasteiger partial charge in [0.25, 0.3) is 5.91 Å². The average Bonchev–Trinajstić information content (AvgIpc) is 3.01. The molecule has 0 atom stereocenters. The molecule has 0 saturated heterocycles. The maximum Gasteiger partial charge on any atom is 0.276 e. The van der Waals surface area contributed by atoms with Gasteiger partial charge in [-0.05, 0) is 43.3 Å². The number of carbonyl (C=O) groups excluding carboxylic acids is 1. The summed E-state index contributed by atoms with van der Waals surface area (Å²) in [6.07, 6.45) is 3.38. The lowest BCUT2D eigenvalue weighted by Crippen LogP contribution is -2.15. The molecule has 1 amide bonds. The molecule has 2 aromatic heterocycles. The molecule has 3 rings (SSSR count). The zero-order valence-electron chi connectivity index (χ0n) is 13.1. The predicted octanol–water partition coefficient (Wildman–Crippen LogP) is 0.870. The van der Waals surface area contributed by atoms with Crippen LogP contribution in [0.1, 0.15) is 16.3 Å². The van der Waals surface area contributed by atoms with E-state index in [0.29, 0.717) is 11.5 Å². The molecule has 0 aliphatic rings. The Hall–Kier alpha value is -3.11. The molecule has 0 aliphatic heterocycles. The third-order valence-corrected chi connectivity index (χ3v) is 4.33. The number of nitrogens with zero attached hydrogens (tertiary/aromatic N) is 4. The largest absolute Gasteiger partial charge is 0.321 e. The van der Waals surface area contributed by atoms with Crippen molar-refractivity contribution in [2.45, 2.75) is 11.8 Å². The van der Waals surface area contributed by atoms with E-state index in [1.165, 1.54) is 30.3 Å². The second-order valence-corrected chi connectivity index (χ2v) is 6.71. The van der Waals surface area contributed by atoms with Gasteiger partial charge < -0.3 is 5.32 Å². The average molecular weight is 358 g/mol. The SMILES string of the molecule is Cc1nccn1-c1ccc(C(=O)Nc2ccc(S(N)(=O)=O)cc2)nn1. The van der Waals surface area contributed by atoms with Gasteiger partial charge in [0.2, 0.25) is 10.0 Å². The van der Waals surface area contributed by atoms with Crippen LogP contribution in [0, 0.1) is 6.92 Å². The number of imidazole rings is 1. The van der Waals surface area contributed by atoms with Gasteiger partial charge in [-0.15, -0.1) is 10.2 Å². The maximum atomic E-state index is 12.2. The van der Waals surface area contributed by atoms with Gasteiger partial charge in [0.05, 0.1) is 4.90 Å². The molecule has 3 N–H and O–H groups in total. The highest BCUT2D eigenvalue weighted by Gasteiger charge is 2.11. The highest BCUT2D eigenvalue weighted by atomic mass is 32.2. The topological polar surface area (TPSA) is 133 Å². The number of nitrogens with two attached hydrogens (primary N) is 1. The standard InChI is InChI=1S/C15H14N6O3S/c1-10-17-8-9-21(10)14-7-6-13(19-20-14)15(22)18-11-2-4-12(5-3-11)25(16,23)24/h2-9H,1H3,(H,18,22)(H2,16,23,24). The van der Waals surface area contributed by atoms with Crippen molar-refractivity contribution in [3.63, 3.8) is 0 Å². The third kappa shape index (κ3) is 3.70. The first-order chi connectivity index (χ1) is 11.8. The summed E-state index contributed by atoms with van der Waals surface area (Å²) in [6, 6.07) is 8.68. The molecule has 2 heterocycles. The first kappa shape index (κ1) is 16.7. The molecule has 0 bridgehead atoms. The number of rotatable bonds is 4. The summed E-state index contributed by atoms with van der Waals surface area (Å²) >= 11 is 0. The van der Waals surface area contributed by atoms with E-state index in [1.807, 2.05) is 6.92 Å². The van der Waals surface area contributed by atoms with E-state index >= 15 is 0 Å². The first-order valence-corrected chi connectivity index (χ1v) is 8.67. The molecule has 0 fully saturated rings. The van der Waals surface area contributed by atoms with Crippen LogP contribution in [0.2, 0.25) is 0 Å². The van der Waals surface area contributed by atoms with Crippen molar-refractivity contribution in [2.75, 3.05) is 5.32 Å². The Labute approximate surface area is 143 Å². The Morgan fingerprint density at radius 1 is 1.12 bits per heavy atom. The van der Waals surface area contributed by atoms with Gasteiger partial charge in [0.1, 0.15) is 5.82 Å². The van der Waals surface area contributed by atoms with Gasteiger partial charge in [-0.25, -0.2) is 18.5 Å². The molecule has 9 nitrogen and oxygen atoms in total. The van der Waals surface area contributed by atoms with Crippen LogP contribution in [0.15, 0.2) is 53.7 Å². The van der Waals surface area contributed by atoms with E-state index in [4.69, 9.17) is 5.14 Å². The molecule has 0 spiro atoms. The summed E-state index contributed by atoms with van der Waals surface area (Å²) in [6.45, 7) is 1.83. The number of aromatic nitrogens is 4. The van der Waals surface area contributed by atoms with Crippen LogP contribution in [0.5, 0.6) is 0 Å². The number of carbonyl (C=O) groups is 1. The third-order valence-electron chi connectivity index (χ3n) is 3.40. The second-order valence-electron chi connectivity index (χ2n) is 5.14. The number of benzene rings is 1. The number of amides is 1. The van der Waals surface area contributed by atoms with Crippen LogP contribution in [-0.4, -0.2) is 34.1 Å². The van der Waals surface area contributed by atoms with Gasteiger partial charge in [-0.2, -0.15) is 0 Å². The monoisotopic (exact) mass is 358 g/mol. The zero-order chi connectivity index (χ0) is 18.0. The summed E-state index contributed by atoms with van der Waals surface area (Å²) < 4.78 is 24.2. The van der Waals surface area contributed by atoms with E-state index in [1.54, 1.807) is 23.0 Å². The van der Waals surface area contributed by atoms with E-state index in [2.05, 4.69) is 20.5 Å². The van der Waals surface area contributed by atoms with Gasteiger partial charge in [-0.1, -0.05) is 0 Å². The van der Waals surface area contributed by atoms with Crippen molar-refractivity contribution < 1.29 is 13.2 Å². The molecular formula is C15H14N6O3S. The fourth-order valence-corrected chi connectivity index (χ4v) is 2.63. The Kier molecular flexibility index (Phi) is 4.30. The van der Waals surface area contributed by atoms with Crippen LogP contribution >= 0.6 is 0 Å². The van der Waals surface area contributed by atoms with Crippen molar-refractivity contribution in [3.05, 3.63) is 60.3 Å². The summed E-state index contributed by atoms with van der Waals surface area (Å²) in [7, 11) is -3.77. The molecule has 0 aliphatic carbocycles. The highest BCUT2D eigenvalue weighted by Crippen LogP contribution is 2.14. The lowest BCUT2D eigenvalue weighted by molar-refractivity contribution is 0.102. The van der Waals surface area contributed by atoms with E-state index in [0.717, 1.165) is 5.82 Å². The molecule has 1 aromatic carbocycles. The fourth-order valence-electron chi connectivity index (χ4n) is 2.12. The maximum absolute atomic E-state index is 12.2. The summed E-state index contributed by atoms with van der Waals surface area (Å²) in [4.78, 5) is 16.2. The normalized spacial score (nSPS) is 11.3. The molecule has 10 heteroatoms. The lowest BCUT2D eigenvalue weighted by atomic mass is 10.3. The Balaban J connectivity index is 1.74. The Morgan fingerprint density at radius 3 is 2.36 bits per heavy atom. The van der Waals surface area contributed by atoms with Crippen LogP contribution in [0.4, 0.5) is 5.69 Å². The molecule has 3 aromatic rings. The lowest BCUT2D eigenvalue weighted by Gasteiger charge is -2.06. The van der Waals surface area contributed by atoms with Crippen LogP contribution in [0.3, 0.4) is 0 Å².